The van der Waals surface area contributed by atoms with Crippen LogP contribution in [0.2, 0.25) is 11.6 Å². The van der Waals surface area contributed by atoms with E-state index in [1.165, 1.54) is 0 Å². The molecule has 2 rings (SSSR count). The SMILES string of the molecule is CC1CN(C2NCC([N+](=O)[O-])CC2Cl)CC[B]C1(C)C. The minimum atomic E-state index is -0.554. The summed E-state index contributed by atoms with van der Waals surface area (Å²) in [5, 5.41) is 14.2. The molecule has 4 unspecified atom stereocenters. The van der Waals surface area contributed by atoms with Crippen LogP contribution in [0.5, 0.6) is 0 Å². The first-order valence-corrected chi connectivity index (χ1v) is 7.84. The van der Waals surface area contributed by atoms with Crippen LogP contribution in [0.15, 0.2) is 0 Å². The molecule has 1 N–H and O–H groups in total. The Morgan fingerprint density at radius 3 is 2.80 bits per heavy atom. The molecule has 2 fully saturated rings. The van der Waals surface area contributed by atoms with E-state index in [9.17, 15) is 10.1 Å². The van der Waals surface area contributed by atoms with Crippen molar-refractivity contribution in [2.75, 3.05) is 19.6 Å². The van der Waals surface area contributed by atoms with Gasteiger partial charge in [0.2, 0.25) is 6.04 Å². The quantitative estimate of drug-likeness (QED) is 0.366. The van der Waals surface area contributed by atoms with Gasteiger partial charge in [0.15, 0.2) is 0 Å². The molecule has 0 amide bonds. The van der Waals surface area contributed by atoms with Crippen LogP contribution in [0.1, 0.15) is 27.2 Å². The molecular formula is C13H24BClN3O2. The zero-order chi connectivity index (χ0) is 14.9. The summed E-state index contributed by atoms with van der Waals surface area (Å²) in [6, 6.07) is -0.554. The van der Waals surface area contributed by atoms with Gasteiger partial charge in [-0.15, -0.1) is 11.6 Å². The fourth-order valence-corrected chi connectivity index (χ4v) is 3.56. The lowest BCUT2D eigenvalue weighted by Crippen LogP contribution is -2.59. The Balaban J connectivity index is 2.00. The van der Waals surface area contributed by atoms with Crippen molar-refractivity contribution in [3.63, 3.8) is 0 Å². The second-order valence-electron chi connectivity index (χ2n) is 6.75. The van der Waals surface area contributed by atoms with Gasteiger partial charge in [0.25, 0.3) is 0 Å². The molecule has 0 aromatic rings. The Kier molecular flexibility index (Phi) is 4.98. The van der Waals surface area contributed by atoms with E-state index in [0.29, 0.717) is 18.9 Å². The molecule has 0 aromatic heterocycles. The maximum Gasteiger partial charge on any atom is 0.226 e. The third-order valence-electron chi connectivity index (χ3n) is 4.96. The highest BCUT2D eigenvalue weighted by Gasteiger charge is 2.40. The van der Waals surface area contributed by atoms with Gasteiger partial charge in [0.1, 0.15) is 7.28 Å². The van der Waals surface area contributed by atoms with E-state index in [1.807, 2.05) is 0 Å². The fourth-order valence-electron chi connectivity index (χ4n) is 3.11. The van der Waals surface area contributed by atoms with Gasteiger partial charge in [0, 0.05) is 17.9 Å². The summed E-state index contributed by atoms with van der Waals surface area (Å²) in [6.45, 7) is 9.18. The highest BCUT2D eigenvalue weighted by molar-refractivity contribution is 6.40. The molecule has 7 heteroatoms. The zero-order valence-corrected chi connectivity index (χ0v) is 13.3. The average Bonchev–Trinajstić information content (AvgIpc) is 2.49. The molecule has 2 heterocycles. The highest BCUT2D eigenvalue weighted by atomic mass is 35.5. The van der Waals surface area contributed by atoms with Crippen LogP contribution in [0.25, 0.3) is 0 Å². The van der Waals surface area contributed by atoms with Gasteiger partial charge in [-0.2, -0.15) is 0 Å². The number of piperidine rings is 1. The van der Waals surface area contributed by atoms with E-state index >= 15 is 0 Å². The molecule has 1 radical (unpaired) electrons. The summed E-state index contributed by atoms with van der Waals surface area (Å²) in [7, 11) is 2.39. The number of nitrogens with zero attached hydrogens (tertiary/aromatic N) is 2. The Morgan fingerprint density at radius 2 is 2.20 bits per heavy atom. The van der Waals surface area contributed by atoms with Crippen LogP contribution in [-0.4, -0.2) is 54.3 Å². The zero-order valence-electron chi connectivity index (χ0n) is 12.5. The molecule has 2 saturated heterocycles. The topological polar surface area (TPSA) is 58.4 Å². The van der Waals surface area contributed by atoms with Crippen molar-refractivity contribution in [1.82, 2.24) is 10.2 Å². The maximum absolute atomic E-state index is 10.9. The second kappa shape index (κ2) is 6.20. The number of hydrogen-bond donors (Lipinski definition) is 1. The largest absolute Gasteiger partial charge is 0.294 e. The van der Waals surface area contributed by atoms with Crippen molar-refractivity contribution >= 4 is 18.9 Å². The summed E-state index contributed by atoms with van der Waals surface area (Å²) >= 11 is 6.41. The molecule has 0 aliphatic carbocycles. The van der Waals surface area contributed by atoms with Crippen LogP contribution in [0.3, 0.4) is 0 Å². The molecule has 4 atom stereocenters. The van der Waals surface area contributed by atoms with Crippen molar-refractivity contribution in [3.05, 3.63) is 10.1 Å². The van der Waals surface area contributed by atoms with Crippen molar-refractivity contribution in [3.8, 4) is 0 Å². The molecule has 20 heavy (non-hydrogen) atoms. The Hall–Kier alpha value is -0.325. The molecule has 113 valence electrons. The maximum atomic E-state index is 10.9. The van der Waals surface area contributed by atoms with Crippen LogP contribution in [0.4, 0.5) is 0 Å². The van der Waals surface area contributed by atoms with E-state index in [-0.39, 0.29) is 21.8 Å². The minimum absolute atomic E-state index is 0.0533. The standard InChI is InChI=1S/C13H24BClN3O2/c1-9-8-17(5-4-14-13(9,2)3)12-11(15)6-10(7-16-12)18(19)20/h9-12,16H,4-8H2,1-3H3. The van der Waals surface area contributed by atoms with Crippen molar-refractivity contribution in [2.45, 2.75) is 56.4 Å². The van der Waals surface area contributed by atoms with Gasteiger partial charge in [-0.05, 0) is 12.5 Å². The predicted octanol–water partition coefficient (Wildman–Crippen LogP) is 1.83. The molecule has 2 aliphatic heterocycles. The smallest absolute Gasteiger partial charge is 0.226 e. The Labute approximate surface area is 126 Å². The van der Waals surface area contributed by atoms with Crippen LogP contribution in [0, 0.1) is 16.0 Å². The number of nitro groups is 1. The van der Waals surface area contributed by atoms with Crippen molar-refractivity contribution < 1.29 is 4.92 Å². The first-order chi connectivity index (χ1) is 9.31. The third kappa shape index (κ3) is 3.46. The number of rotatable bonds is 2. The van der Waals surface area contributed by atoms with E-state index < -0.39 is 6.04 Å². The van der Waals surface area contributed by atoms with Crippen LogP contribution < -0.4 is 5.32 Å². The van der Waals surface area contributed by atoms with E-state index in [0.717, 1.165) is 19.4 Å². The molecular weight excluding hydrogens is 276 g/mol. The van der Waals surface area contributed by atoms with Gasteiger partial charge in [-0.1, -0.05) is 32.4 Å². The van der Waals surface area contributed by atoms with Gasteiger partial charge in [-0.25, -0.2) is 0 Å². The predicted molar refractivity (Wildman–Crippen MR) is 82.2 cm³/mol. The van der Waals surface area contributed by atoms with E-state index in [1.54, 1.807) is 0 Å². The Morgan fingerprint density at radius 1 is 1.50 bits per heavy atom. The number of hydrogen-bond acceptors (Lipinski definition) is 4. The van der Waals surface area contributed by atoms with E-state index in [2.05, 4.69) is 38.3 Å². The van der Waals surface area contributed by atoms with Crippen molar-refractivity contribution in [2.24, 2.45) is 5.92 Å². The molecule has 5 nitrogen and oxygen atoms in total. The van der Waals surface area contributed by atoms with Crippen molar-refractivity contribution in [1.29, 1.82) is 0 Å². The lowest BCUT2D eigenvalue weighted by Gasteiger charge is -2.40. The molecule has 0 spiro atoms. The third-order valence-corrected chi connectivity index (χ3v) is 5.38. The van der Waals surface area contributed by atoms with Crippen LogP contribution in [-0.2, 0) is 0 Å². The molecule has 0 saturated carbocycles. The van der Waals surface area contributed by atoms with Gasteiger partial charge >= 0.3 is 0 Å². The summed E-state index contributed by atoms with van der Waals surface area (Å²) in [5.74, 6) is 0.545. The summed E-state index contributed by atoms with van der Waals surface area (Å²) in [4.78, 5) is 13.0. The molecule has 0 bridgehead atoms. The average molecular weight is 301 g/mol. The fraction of sp³-hybridized carbons (Fsp3) is 1.00. The molecule has 0 aromatic carbocycles. The van der Waals surface area contributed by atoms with Gasteiger partial charge < -0.3 is 0 Å². The first-order valence-electron chi connectivity index (χ1n) is 7.40. The molecule has 2 aliphatic rings. The summed E-state index contributed by atoms with van der Waals surface area (Å²) < 4.78 is 0. The van der Waals surface area contributed by atoms with E-state index in [4.69, 9.17) is 11.6 Å². The normalized spacial score (nSPS) is 38.8. The minimum Gasteiger partial charge on any atom is -0.294 e. The highest BCUT2D eigenvalue weighted by Crippen LogP contribution is 2.37. The van der Waals surface area contributed by atoms with Gasteiger partial charge in [0.05, 0.1) is 18.1 Å². The summed E-state index contributed by atoms with van der Waals surface area (Å²) in [6.07, 6.45) is 1.54. The summed E-state index contributed by atoms with van der Waals surface area (Å²) in [5.41, 5.74) is 0. The first kappa shape index (κ1) is 16.1. The number of halogens is 1. The van der Waals surface area contributed by atoms with Gasteiger partial charge in [-0.3, -0.25) is 20.3 Å². The lowest BCUT2D eigenvalue weighted by molar-refractivity contribution is -0.523. The van der Waals surface area contributed by atoms with Crippen LogP contribution >= 0.6 is 11.6 Å². The lowest BCUT2D eigenvalue weighted by atomic mass is 9.48. The number of nitrogens with one attached hydrogen (secondary N) is 1. The monoisotopic (exact) mass is 300 g/mol. The number of alkyl halides is 1. The Bertz CT molecular complexity index is 370. The second-order valence-corrected chi connectivity index (χ2v) is 7.31.